The summed E-state index contributed by atoms with van der Waals surface area (Å²) >= 11 is 0. The normalized spacial score (nSPS) is 10.9. The lowest BCUT2D eigenvalue weighted by Crippen LogP contribution is -1.99. The number of anilines is 1. The zero-order chi connectivity index (χ0) is 15.2. The number of hydrogen-bond acceptors (Lipinski definition) is 6. The summed E-state index contributed by atoms with van der Waals surface area (Å²) in [6.45, 7) is 0.537. The summed E-state index contributed by atoms with van der Waals surface area (Å²) in [7, 11) is 0. The Morgan fingerprint density at radius 3 is 2.55 bits per heavy atom. The molecule has 0 spiro atoms. The molecule has 3 rings (SSSR count). The molecule has 0 unspecified atom stereocenters. The fraction of sp³-hybridized carbons (Fsp3) is 0.0667. The molecule has 0 aliphatic carbocycles. The number of tetrazole rings is 1. The van der Waals surface area contributed by atoms with Gasteiger partial charge in [-0.25, -0.2) is 0 Å². The Kier molecular flexibility index (Phi) is 4.05. The summed E-state index contributed by atoms with van der Waals surface area (Å²) in [6, 6.07) is 17.6. The average Bonchev–Trinajstić information content (AvgIpc) is 2.98. The minimum absolute atomic E-state index is 0.138. The molecular weight excluding hydrogens is 280 g/mol. The number of nitrogens with zero attached hydrogens (tertiary/aromatic N) is 5. The molecule has 1 aromatic heterocycles. The number of nitrogens with two attached hydrogens (primary N) is 1. The van der Waals surface area contributed by atoms with Crippen LogP contribution in [0, 0.1) is 0 Å². The second kappa shape index (κ2) is 6.49. The highest BCUT2D eigenvalue weighted by molar-refractivity contribution is 5.79. The van der Waals surface area contributed by atoms with Gasteiger partial charge in [-0.05, 0) is 45.8 Å². The molecule has 1 heterocycles. The lowest BCUT2D eigenvalue weighted by Gasteiger charge is -2.06. The highest BCUT2D eigenvalue weighted by atomic mass is 16.5. The fourth-order valence-corrected chi connectivity index (χ4v) is 1.78. The summed E-state index contributed by atoms with van der Waals surface area (Å²) in [6.07, 6.45) is 1.62. The monoisotopic (exact) mass is 294 g/mol. The number of ether oxygens (including phenoxy) is 1. The van der Waals surface area contributed by atoms with Gasteiger partial charge in [0.05, 0.1) is 6.21 Å². The van der Waals surface area contributed by atoms with Crippen molar-refractivity contribution in [2.45, 2.75) is 6.61 Å². The van der Waals surface area contributed by atoms with Crippen LogP contribution >= 0.6 is 0 Å². The molecular formula is C15H14N6O. The van der Waals surface area contributed by atoms with E-state index in [0.29, 0.717) is 6.61 Å². The van der Waals surface area contributed by atoms with Crippen LogP contribution in [0.1, 0.15) is 11.1 Å². The molecule has 110 valence electrons. The maximum atomic E-state index is 5.71. The van der Waals surface area contributed by atoms with Crippen molar-refractivity contribution in [3.05, 3.63) is 65.7 Å². The van der Waals surface area contributed by atoms with E-state index in [-0.39, 0.29) is 5.95 Å². The SMILES string of the molecule is Nc1nnnn1/N=C/c1ccc(OCc2ccccc2)cc1. The van der Waals surface area contributed by atoms with E-state index >= 15 is 0 Å². The second-order valence-corrected chi connectivity index (χ2v) is 4.51. The van der Waals surface area contributed by atoms with E-state index in [0.717, 1.165) is 21.7 Å². The van der Waals surface area contributed by atoms with Crippen molar-refractivity contribution in [3.63, 3.8) is 0 Å². The molecule has 2 aromatic carbocycles. The molecule has 0 bridgehead atoms. The van der Waals surface area contributed by atoms with Gasteiger partial charge >= 0.3 is 0 Å². The summed E-state index contributed by atoms with van der Waals surface area (Å²) in [5, 5.41) is 14.6. The van der Waals surface area contributed by atoms with Crippen LogP contribution in [-0.2, 0) is 6.61 Å². The minimum Gasteiger partial charge on any atom is -0.489 e. The van der Waals surface area contributed by atoms with E-state index in [2.05, 4.69) is 20.6 Å². The van der Waals surface area contributed by atoms with Crippen molar-refractivity contribution in [2.24, 2.45) is 5.10 Å². The van der Waals surface area contributed by atoms with Crippen LogP contribution in [0.5, 0.6) is 5.75 Å². The van der Waals surface area contributed by atoms with E-state index < -0.39 is 0 Å². The Hall–Kier alpha value is -3.22. The summed E-state index contributed by atoms with van der Waals surface area (Å²) in [5.41, 5.74) is 7.53. The molecule has 7 nitrogen and oxygen atoms in total. The molecule has 0 aliphatic rings. The van der Waals surface area contributed by atoms with Gasteiger partial charge < -0.3 is 10.5 Å². The van der Waals surface area contributed by atoms with Gasteiger partial charge in [-0.3, -0.25) is 0 Å². The van der Waals surface area contributed by atoms with Crippen LogP contribution in [0.15, 0.2) is 59.7 Å². The van der Waals surface area contributed by atoms with E-state index in [9.17, 15) is 0 Å². The lowest BCUT2D eigenvalue weighted by molar-refractivity contribution is 0.306. The number of hydrogen-bond donors (Lipinski definition) is 1. The Balaban J connectivity index is 1.61. The summed E-state index contributed by atoms with van der Waals surface area (Å²) in [5.74, 6) is 0.932. The van der Waals surface area contributed by atoms with E-state index in [1.54, 1.807) is 6.21 Å². The van der Waals surface area contributed by atoms with Gasteiger partial charge in [-0.15, -0.1) is 0 Å². The third kappa shape index (κ3) is 3.45. The predicted molar refractivity (Wildman–Crippen MR) is 82.4 cm³/mol. The molecule has 0 saturated heterocycles. The Labute approximate surface area is 127 Å². The van der Waals surface area contributed by atoms with Crippen molar-refractivity contribution in [1.82, 2.24) is 20.3 Å². The van der Waals surface area contributed by atoms with Crippen molar-refractivity contribution in [1.29, 1.82) is 0 Å². The van der Waals surface area contributed by atoms with Gasteiger partial charge in [0.15, 0.2) is 0 Å². The zero-order valence-electron chi connectivity index (χ0n) is 11.7. The van der Waals surface area contributed by atoms with Gasteiger partial charge in [0.1, 0.15) is 12.4 Å². The third-order valence-corrected chi connectivity index (χ3v) is 2.92. The lowest BCUT2D eigenvalue weighted by atomic mass is 10.2. The Bertz CT molecular complexity index is 751. The summed E-state index contributed by atoms with van der Waals surface area (Å²) in [4.78, 5) is 1.15. The summed E-state index contributed by atoms with van der Waals surface area (Å²) < 4.78 is 5.71. The number of rotatable bonds is 5. The van der Waals surface area contributed by atoms with Crippen LogP contribution in [-0.4, -0.2) is 26.5 Å². The Morgan fingerprint density at radius 1 is 1.09 bits per heavy atom. The maximum absolute atomic E-state index is 5.71. The minimum atomic E-state index is 0.138. The van der Waals surface area contributed by atoms with Crippen LogP contribution in [0.4, 0.5) is 5.95 Å². The first kappa shape index (κ1) is 13.7. The first-order valence-electron chi connectivity index (χ1n) is 6.66. The predicted octanol–water partition coefficient (Wildman–Crippen LogP) is 1.72. The fourth-order valence-electron chi connectivity index (χ4n) is 1.78. The van der Waals surface area contributed by atoms with Crippen LogP contribution < -0.4 is 10.5 Å². The smallest absolute Gasteiger partial charge is 0.263 e. The molecule has 22 heavy (non-hydrogen) atoms. The third-order valence-electron chi connectivity index (χ3n) is 2.92. The van der Waals surface area contributed by atoms with Gasteiger partial charge in [0, 0.05) is 0 Å². The standard InChI is InChI=1S/C15H14N6O/c16-15-18-19-20-21(15)17-10-12-6-8-14(9-7-12)22-11-13-4-2-1-3-5-13/h1-10H,11H2,(H2,16,18,20)/b17-10+. The zero-order valence-corrected chi connectivity index (χ0v) is 11.7. The van der Waals surface area contributed by atoms with E-state index in [1.165, 1.54) is 0 Å². The highest BCUT2D eigenvalue weighted by Crippen LogP contribution is 2.13. The van der Waals surface area contributed by atoms with Gasteiger partial charge in [0.25, 0.3) is 5.95 Å². The average molecular weight is 294 g/mol. The van der Waals surface area contributed by atoms with Crippen molar-refractivity contribution < 1.29 is 4.74 Å². The van der Waals surface area contributed by atoms with Crippen molar-refractivity contribution in [3.8, 4) is 5.75 Å². The van der Waals surface area contributed by atoms with Crippen LogP contribution in [0.25, 0.3) is 0 Å². The molecule has 3 aromatic rings. The molecule has 0 atom stereocenters. The van der Waals surface area contributed by atoms with Crippen molar-refractivity contribution >= 4 is 12.2 Å². The van der Waals surface area contributed by atoms with Crippen molar-refractivity contribution in [2.75, 3.05) is 5.73 Å². The molecule has 7 heteroatoms. The molecule has 0 amide bonds. The largest absolute Gasteiger partial charge is 0.489 e. The highest BCUT2D eigenvalue weighted by Gasteiger charge is 1.98. The van der Waals surface area contributed by atoms with Crippen LogP contribution in [0.2, 0.25) is 0 Å². The quantitative estimate of drug-likeness (QED) is 0.723. The number of nitrogen functional groups attached to an aromatic ring is 1. The van der Waals surface area contributed by atoms with E-state index in [4.69, 9.17) is 10.5 Å². The Morgan fingerprint density at radius 2 is 1.86 bits per heavy atom. The molecule has 2 N–H and O–H groups in total. The maximum Gasteiger partial charge on any atom is 0.263 e. The molecule has 0 radical (unpaired) electrons. The number of aromatic nitrogens is 4. The van der Waals surface area contributed by atoms with Gasteiger partial charge in [-0.1, -0.05) is 40.2 Å². The second-order valence-electron chi connectivity index (χ2n) is 4.51. The molecule has 0 saturated carbocycles. The van der Waals surface area contributed by atoms with Crippen LogP contribution in [0.3, 0.4) is 0 Å². The van der Waals surface area contributed by atoms with E-state index in [1.807, 2.05) is 54.6 Å². The molecule has 0 fully saturated rings. The first-order valence-corrected chi connectivity index (χ1v) is 6.66. The molecule has 0 aliphatic heterocycles. The van der Waals surface area contributed by atoms with Gasteiger partial charge in [0.2, 0.25) is 0 Å². The topological polar surface area (TPSA) is 91.2 Å². The number of benzene rings is 2. The first-order chi connectivity index (χ1) is 10.8. The van der Waals surface area contributed by atoms with Gasteiger partial charge in [-0.2, -0.15) is 5.10 Å².